The van der Waals surface area contributed by atoms with E-state index in [1.165, 1.54) is 12.5 Å². The molecule has 1 aliphatic rings. The average molecular weight is 306 g/mol. The Balaban J connectivity index is 1.53. The van der Waals surface area contributed by atoms with Crippen LogP contribution in [0.4, 0.5) is 0 Å². The van der Waals surface area contributed by atoms with Gasteiger partial charge in [-0.2, -0.15) is 0 Å². The number of carbonyl (C=O) groups excluding carboxylic acids is 1. The van der Waals surface area contributed by atoms with E-state index in [1.54, 1.807) is 12.3 Å². The summed E-state index contributed by atoms with van der Waals surface area (Å²) in [7, 11) is 0. The van der Waals surface area contributed by atoms with Gasteiger partial charge in [0.1, 0.15) is 11.4 Å². The summed E-state index contributed by atoms with van der Waals surface area (Å²) in [4.78, 5) is 22.5. The standard InChI is InChI=1S/C15H16ClN3O2/c16-13-2-1-11(9-18-13)10-19-6-3-12(4-7-19)14(20)15-17-5-8-21-15/h1-2,5,8-9,12H,3-4,6-7,10H2. The molecule has 6 heteroatoms. The van der Waals surface area contributed by atoms with E-state index in [0.29, 0.717) is 5.15 Å². The van der Waals surface area contributed by atoms with E-state index < -0.39 is 0 Å². The van der Waals surface area contributed by atoms with Crippen LogP contribution in [-0.4, -0.2) is 33.7 Å². The number of Topliss-reactive ketones (excluding diaryl/α,β-unsaturated/α-hetero) is 1. The maximum Gasteiger partial charge on any atom is 0.263 e. The topological polar surface area (TPSA) is 59.2 Å². The fraction of sp³-hybridized carbons (Fsp3) is 0.400. The molecule has 0 bridgehead atoms. The Morgan fingerprint density at radius 1 is 1.33 bits per heavy atom. The van der Waals surface area contributed by atoms with Gasteiger partial charge in [-0.15, -0.1) is 0 Å². The zero-order valence-corrected chi connectivity index (χ0v) is 12.3. The van der Waals surface area contributed by atoms with Gasteiger partial charge < -0.3 is 4.42 Å². The molecule has 0 unspecified atom stereocenters. The third-order valence-corrected chi connectivity index (χ3v) is 4.02. The van der Waals surface area contributed by atoms with Crippen molar-refractivity contribution < 1.29 is 9.21 Å². The molecule has 0 amide bonds. The number of hydrogen-bond acceptors (Lipinski definition) is 5. The molecule has 0 atom stereocenters. The first-order valence-corrected chi connectivity index (χ1v) is 7.36. The van der Waals surface area contributed by atoms with E-state index in [9.17, 15) is 4.79 Å². The van der Waals surface area contributed by atoms with Crippen LogP contribution in [0, 0.1) is 5.92 Å². The molecular weight excluding hydrogens is 290 g/mol. The summed E-state index contributed by atoms with van der Waals surface area (Å²) in [5, 5.41) is 0.508. The molecular formula is C15H16ClN3O2. The van der Waals surface area contributed by atoms with E-state index in [0.717, 1.165) is 38.0 Å². The molecule has 0 radical (unpaired) electrons. The first kappa shape index (κ1) is 14.2. The maximum atomic E-state index is 12.2. The van der Waals surface area contributed by atoms with Gasteiger partial charge >= 0.3 is 0 Å². The number of hydrogen-bond donors (Lipinski definition) is 0. The van der Waals surface area contributed by atoms with Gasteiger partial charge in [-0.25, -0.2) is 9.97 Å². The Labute approximate surface area is 127 Å². The number of nitrogens with zero attached hydrogens (tertiary/aromatic N) is 3. The van der Waals surface area contributed by atoms with Crippen molar-refractivity contribution in [2.45, 2.75) is 19.4 Å². The molecule has 0 saturated carbocycles. The third-order valence-electron chi connectivity index (χ3n) is 3.80. The lowest BCUT2D eigenvalue weighted by Crippen LogP contribution is -2.36. The fourth-order valence-corrected chi connectivity index (χ4v) is 2.74. The lowest BCUT2D eigenvalue weighted by Gasteiger charge is -2.30. The van der Waals surface area contributed by atoms with Crippen molar-refractivity contribution in [1.29, 1.82) is 0 Å². The Morgan fingerprint density at radius 3 is 2.76 bits per heavy atom. The Morgan fingerprint density at radius 2 is 2.14 bits per heavy atom. The van der Waals surface area contributed by atoms with Gasteiger partial charge in [0.2, 0.25) is 5.78 Å². The van der Waals surface area contributed by atoms with Gasteiger partial charge in [-0.1, -0.05) is 17.7 Å². The quantitative estimate of drug-likeness (QED) is 0.642. The zero-order valence-electron chi connectivity index (χ0n) is 11.5. The maximum absolute atomic E-state index is 12.2. The lowest BCUT2D eigenvalue weighted by atomic mass is 9.92. The second-order valence-electron chi connectivity index (χ2n) is 5.24. The smallest absolute Gasteiger partial charge is 0.263 e. The lowest BCUT2D eigenvalue weighted by molar-refractivity contribution is 0.0799. The molecule has 2 aromatic rings. The van der Waals surface area contributed by atoms with Gasteiger partial charge in [0.15, 0.2) is 0 Å². The van der Waals surface area contributed by atoms with E-state index in [-0.39, 0.29) is 17.6 Å². The van der Waals surface area contributed by atoms with E-state index in [4.69, 9.17) is 16.0 Å². The highest BCUT2D eigenvalue weighted by Crippen LogP contribution is 2.22. The molecule has 1 aliphatic heterocycles. The summed E-state index contributed by atoms with van der Waals surface area (Å²) in [5.41, 5.74) is 1.14. The van der Waals surface area contributed by atoms with Gasteiger partial charge in [0.25, 0.3) is 5.89 Å². The highest BCUT2D eigenvalue weighted by atomic mass is 35.5. The molecule has 0 aliphatic carbocycles. The Bertz CT molecular complexity index is 590. The summed E-state index contributed by atoms with van der Waals surface area (Å²) < 4.78 is 5.09. The normalized spacial score (nSPS) is 17.0. The van der Waals surface area contributed by atoms with Crippen LogP contribution < -0.4 is 0 Å². The largest absolute Gasteiger partial charge is 0.442 e. The number of rotatable bonds is 4. The van der Waals surface area contributed by atoms with Crippen LogP contribution in [0.2, 0.25) is 5.15 Å². The molecule has 3 heterocycles. The Hall–Kier alpha value is -1.72. The van der Waals surface area contributed by atoms with Crippen molar-refractivity contribution in [1.82, 2.24) is 14.9 Å². The van der Waals surface area contributed by atoms with Crippen LogP contribution in [0.5, 0.6) is 0 Å². The van der Waals surface area contributed by atoms with Crippen LogP contribution in [0.1, 0.15) is 29.1 Å². The number of oxazole rings is 1. The van der Waals surface area contributed by atoms with Crippen LogP contribution in [0.15, 0.2) is 35.2 Å². The fourth-order valence-electron chi connectivity index (χ4n) is 2.63. The molecule has 1 saturated heterocycles. The molecule has 1 fully saturated rings. The van der Waals surface area contributed by atoms with E-state index in [2.05, 4.69) is 14.9 Å². The third kappa shape index (κ3) is 3.49. The van der Waals surface area contributed by atoms with E-state index >= 15 is 0 Å². The van der Waals surface area contributed by atoms with Crippen molar-refractivity contribution in [3.05, 3.63) is 47.4 Å². The van der Waals surface area contributed by atoms with Crippen LogP contribution in [0.25, 0.3) is 0 Å². The summed E-state index contributed by atoms with van der Waals surface area (Å²) in [6.07, 6.45) is 6.42. The second-order valence-corrected chi connectivity index (χ2v) is 5.63. The molecule has 2 aromatic heterocycles. The molecule has 110 valence electrons. The molecule has 0 aromatic carbocycles. The van der Waals surface area contributed by atoms with Crippen molar-refractivity contribution in [2.75, 3.05) is 13.1 Å². The summed E-state index contributed by atoms with van der Waals surface area (Å²) >= 11 is 5.78. The summed E-state index contributed by atoms with van der Waals surface area (Å²) in [5.74, 6) is 0.270. The van der Waals surface area contributed by atoms with Crippen LogP contribution >= 0.6 is 11.6 Å². The number of likely N-dealkylation sites (tertiary alicyclic amines) is 1. The molecule has 21 heavy (non-hydrogen) atoms. The average Bonchev–Trinajstić information content (AvgIpc) is 3.04. The first-order valence-electron chi connectivity index (χ1n) is 6.99. The van der Waals surface area contributed by atoms with E-state index in [1.807, 2.05) is 6.07 Å². The minimum atomic E-state index is 0.0169. The summed E-state index contributed by atoms with van der Waals surface area (Å²) in [6, 6.07) is 3.79. The molecule has 0 spiro atoms. The number of pyridine rings is 1. The molecule has 5 nitrogen and oxygen atoms in total. The number of carbonyl (C=O) groups is 1. The highest BCUT2D eigenvalue weighted by molar-refractivity contribution is 6.29. The number of halogens is 1. The highest BCUT2D eigenvalue weighted by Gasteiger charge is 2.28. The minimum Gasteiger partial charge on any atom is -0.442 e. The minimum absolute atomic E-state index is 0.0169. The number of ketones is 1. The van der Waals surface area contributed by atoms with Crippen molar-refractivity contribution >= 4 is 17.4 Å². The number of piperidine rings is 1. The molecule has 3 rings (SSSR count). The van der Waals surface area contributed by atoms with Gasteiger partial charge in [-0.05, 0) is 37.6 Å². The second kappa shape index (κ2) is 6.37. The van der Waals surface area contributed by atoms with Gasteiger partial charge in [0, 0.05) is 18.7 Å². The van der Waals surface area contributed by atoms with Crippen molar-refractivity contribution in [3.63, 3.8) is 0 Å². The molecule has 0 N–H and O–H groups in total. The monoisotopic (exact) mass is 305 g/mol. The van der Waals surface area contributed by atoms with Gasteiger partial charge in [-0.3, -0.25) is 9.69 Å². The zero-order chi connectivity index (χ0) is 14.7. The Kier molecular flexibility index (Phi) is 4.31. The van der Waals surface area contributed by atoms with Crippen LogP contribution in [0.3, 0.4) is 0 Å². The van der Waals surface area contributed by atoms with Crippen molar-refractivity contribution in [3.8, 4) is 0 Å². The summed E-state index contributed by atoms with van der Waals surface area (Å²) in [6.45, 7) is 2.61. The van der Waals surface area contributed by atoms with Crippen LogP contribution in [-0.2, 0) is 6.54 Å². The first-order chi connectivity index (χ1) is 10.2. The predicted molar refractivity (Wildman–Crippen MR) is 78.1 cm³/mol. The van der Waals surface area contributed by atoms with Crippen molar-refractivity contribution in [2.24, 2.45) is 5.92 Å². The van der Waals surface area contributed by atoms with Gasteiger partial charge in [0.05, 0.1) is 6.20 Å². The SMILES string of the molecule is O=C(c1ncco1)C1CCN(Cc2ccc(Cl)nc2)CC1. The predicted octanol–water partition coefficient (Wildman–Crippen LogP) is 2.82. The number of aromatic nitrogens is 2.